The summed E-state index contributed by atoms with van der Waals surface area (Å²) in [7, 11) is 0. The summed E-state index contributed by atoms with van der Waals surface area (Å²) in [5.74, 6) is -0.185. The molecular formula is C21H28ClN5O2. The largest absolute Gasteiger partial charge is 0.325 e. The van der Waals surface area contributed by atoms with Crippen LogP contribution in [0.15, 0.2) is 42.6 Å². The van der Waals surface area contributed by atoms with E-state index in [2.05, 4.69) is 10.4 Å². The molecule has 2 atom stereocenters. The molecule has 2 unspecified atom stereocenters. The van der Waals surface area contributed by atoms with Crippen LogP contribution < -0.4 is 10.2 Å². The van der Waals surface area contributed by atoms with Gasteiger partial charge in [-0.3, -0.25) is 14.3 Å². The lowest BCUT2D eigenvalue weighted by atomic mass is 10.1. The van der Waals surface area contributed by atoms with Crippen LogP contribution in [0, 0.1) is 0 Å². The van der Waals surface area contributed by atoms with Gasteiger partial charge in [0.25, 0.3) is 5.91 Å². The van der Waals surface area contributed by atoms with Crippen LogP contribution in [-0.2, 0) is 4.79 Å². The number of carbonyl (C=O) groups is 2. The van der Waals surface area contributed by atoms with Crippen LogP contribution in [-0.4, -0.2) is 58.7 Å². The Balaban J connectivity index is 0.00000240. The van der Waals surface area contributed by atoms with Crippen LogP contribution in [0.25, 0.3) is 0 Å². The van der Waals surface area contributed by atoms with Crippen molar-refractivity contribution in [1.29, 1.82) is 0 Å². The second-order valence-electron chi connectivity index (χ2n) is 7.40. The molecule has 2 aliphatic heterocycles. The maximum absolute atomic E-state index is 13.1. The molecule has 0 spiro atoms. The van der Waals surface area contributed by atoms with Crippen molar-refractivity contribution in [2.24, 2.45) is 0 Å². The number of rotatable bonds is 5. The maximum atomic E-state index is 13.1. The van der Waals surface area contributed by atoms with Gasteiger partial charge < -0.3 is 15.1 Å². The second kappa shape index (κ2) is 9.41. The van der Waals surface area contributed by atoms with Gasteiger partial charge in [0.05, 0.1) is 6.04 Å². The number of likely N-dealkylation sites (N-methyl/N-ethyl adjacent to an activating group) is 1. The van der Waals surface area contributed by atoms with Crippen molar-refractivity contribution in [3.8, 4) is 0 Å². The lowest BCUT2D eigenvalue weighted by Crippen LogP contribution is -2.45. The van der Waals surface area contributed by atoms with Gasteiger partial charge in [-0.2, -0.15) is 5.10 Å². The van der Waals surface area contributed by atoms with Gasteiger partial charge in [0.15, 0.2) is 0 Å². The van der Waals surface area contributed by atoms with Gasteiger partial charge in [-0.1, -0.05) is 18.2 Å². The quantitative estimate of drug-likeness (QED) is 0.811. The molecule has 0 bridgehead atoms. The Kier molecular flexibility index (Phi) is 6.92. The topological polar surface area (TPSA) is 70.5 Å². The number of piperidine rings is 1. The van der Waals surface area contributed by atoms with Crippen molar-refractivity contribution in [3.05, 3.63) is 48.3 Å². The van der Waals surface area contributed by atoms with Gasteiger partial charge >= 0.3 is 0 Å². The highest BCUT2D eigenvalue weighted by Gasteiger charge is 2.39. The van der Waals surface area contributed by atoms with E-state index in [0.29, 0.717) is 25.2 Å². The zero-order valence-electron chi connectivity index (χ0n) is 16.7. The van der Waals surface area contributed by atoms with E-state index in [1.807, 2.05) is 48.1 Å². The molecule has 1 aromatic heterocycles. The fraction of sp³-hybridized carbons (Fsp3) is 0.476. The standard InChI is InChI=1S/C21H27N5O2.ClH/c1-2-24(19-11-13-25(21(19)28)16-7-4-3-5-8-16)20(27)18-10-14-26(23-18)17-9-6-12-22-15-17;/h3-5,7-8,10,14,17,19,22H,2,6,9,11-13,15H2,1H3;1H. The van der Waals surface area contributed by atoms with Gasteiger partial charge in [-0.05, 0) is 50.9 Å². The molecule has 2 amide bonds. The smallest absolute Gasteiger partial charge is 0.275 e. The lowest BCUT2D eigenvalue weighted by Gasteiger charge is -2.26. The first-order chi connectivity index (χ1) is 13.7. The summed E-state index contributed by atoms with van der Waals surface area (Å²) >= 11 is 0. The van der Waals surface area contributed by atoms with Gasteiger partial charge in [-0.15, -0.1) is 12.4 Å². The summed E-state index contributed by atoms with van der Waals surface area (Å²) in [6.07, 6.45) is 4.69. The minimum Gasteiger partial charge on any atom is -0.325 e. The van der Waals surface area contributed by atoms with Gasteiger partial charge in [0, 0.05) is 31.5 Å². The van der Waals surface area contributed by atoms with E-state index in [-0.39, 0.29) is 30.3 Å². The van der Waals surface area contributed by atoms with Crippen LogP contribution in [0.3, 0.4) is 0 Å². The van der Waals surface area contributed by atoms with Crippen LogP contribution in [0.1, 0.15) is 42.7 Å². The molecule has 1 aromatic carbocycles. The molecule has 8 heteroatoms. The lowest BCUT2D eigenvalue weighted by molar-refractivity contribution is -0.120. The maximum Gasteiger partial charge on any atom is 0.275 e. The molecule has 2 aromatic rings. The van der Waals surface area contributed by atoms with Crippen molar-refractivity contribution in [3.63, 3.8) is 0 Å². The van der Waals surface area contributed by atoms with E-state index >= 15 is 0 Å². The minimum absolute atomic E-state index is 0. The summed E-state index contributed by atoms with van der Waals surface area (Å²) in [6.45, 7) is 4.93. The Morgan fingerprint density at radius 2 is 2.03 bits per heavy atom. The molecule has 2 fully saturated rings. The summed E-state index contributed by atoms with van der Waals surface area (Å²) in [5, 5.41) is 7.91. The van der Waals surface area contributed by atoms with Gasteiger partial charge in [0.1, 0.15) is 11.7 Å². The second-order valence-corrected chi connectivity index (χ2v) is 7.40. The first-order valence-corrected chi connectivity index (χ1v) is 10.1. The Bertz CT molecular complexity index is 835. The van der Waals surface area contributed by atoms with Crippen LogP contribution >= 0.6 is 12.4 Å². The number of hydrogen-bond donors (Lipinski definition) is 1. The highest BCUT2D eigenvalue weighted by atomic mass is 35.5. The van der Waals surface area contributed by atoms with E-state index in [1.54, 1.807) is 15.9 Å². The number of amides is 2. The van der Waals surface area contributed by atoms with Crippen molar-refractivity contribution in [2.75, 3.05) is 31.1 Å². The molecule has 0 radical (unpaired) electrons. The zero-order chi connectivity index (χ0) is 19.5. The average Bonchev–Trinajstić information content (AvgIpc) is 3.38. The molecule has 2 saturated heterocycles. The number of aromatic nitrogens is 2. The summed E-state index contributed by atoms with van der Waals surface area (Å²) in [6, 6.07) is 11.3. The number of nitrogens with zero attached hydrogens (tertiary/aromatic N) is 4. The number of anilines is 1. The Labute approximate surface area is 177 Å². The third kappa shape index (κ3) is 4.31. The third-order valence-corrected chi connectivity index (χ3v) is 5.70. The van der Waals surface area contributed by atoms with E-state index in [4.69, 9.17) is 0 Å². The van der Waals surface area contributed by atoms with E-state index in [0.717, 1.165) is 31.6 Å². The van der Waals surface area contributed by atoms with E-state index in [9.17, 15) is 9.59 Å². The number of nitrogens with one attached hydrogen (secondary N) is 1. The zero-order valence-corrected chi connectivity index (χ0v) is 17.5. The predicted molar refractivity (Wildman–Crippen MR) is 115 cm³/mol. The molecular weight excluding hydrogens is 390 g/mol. The molecule has 0 saturated carbocycles. The normalized spacial score (nSPS) is 21.7. The number of para-hydroxylation sites is 1. The van der Waals surface area contributed by atoms with Gasteiger partial charge in [0.2, 0.25) is 5.91 Å². The summed E-state index contributed by atoms with van der Waals surface area (Å²) in [4.78, 5) is 29.5. The minimum atomic E-state index is -0.431. The van der Waals surface area contributed by atoms with Crippen LogP contribution in [0.4, 0.5) is 5.69 Å². The van der Waals surface area contributed by atoms with Gasteiger partial charge in [-0.25, -0.2) is 0 Å². The molecule has 156 valence electrons. The summed E-state index contributed by atoms with van der Waals surface area (Å²) in [5.41, 5.74) is 1.30. The Hall–Kier alpha value is -2.38. The van der Waals surface area contributed by atoms with E-state index < -0.39 is 6.04 Å². The van der Waals surface area contributed by atoms with Crippen molar-refractivity contribution >= 4 is 29.9 Å². The fourth-order valence-electron chi connectivity index (χ4n) is 4.19. The molecule has 2 aliphatic rings. The summed E-state index contributed by atoms with van der Waals surface area (Å²) < 4.78 is 1.89. The molecule has 3 heterocycles. The Morgan fingerprint density at radius 3 is 2.72 bits per heavy atom. The molecule has 1 N–H and O–H groups in total. The highest BCUT2D eigenvalue weighted by Crippen LogP contribution is 2.25. The molecule has 29 heavy (non-hydrogen) atoms. The monoisotopic (exact) mass is 417 g/mol. The first-order valence-electron chi connectivity index (χ1n) is 10.1. The Morgan fingerprint density at radius 1 is 1.24 bits per heavy atom. The fourth-order valence-corrected chi connectivity index (χ4v) is 4.19. The van der Waals surface area contributed by atoms with E-state index in [1.165, 1.54) is 0 Å². The first kappa shape index (κ1) is 21.3. The predicted octanol–water partition coefficient (Wildman–Crippen LogP) is 2.50. The third-order valence-electron chi connectivity index (χ3n) is 5.70. The SMILES string of the molecule is CCN(C(=O)c1ccn(C2CCCNC2)n1)C1CCN(c2ccccc2)C1=O.Cl. The van der Waals surface area contributed by atoms with Crippen molar-refractivity contribution in [2.45, 2.75) is 38.3 Å². The number of benzene rings is 1. The molecule has 4 rings (SSSR count). The molecule has 0 aliphatic carbocycles. The highest BCUT2D eigenvalue weighted by molar-refractivity contribution is 6.03. The van der Waals surface area contributed by atoms with Crippen LogP contribution in [0.5, 0.6) is 0 Å². The van der Waals surface area contributed by atoms with Crippen molar-refractivity contribution < 1.29 is 9.59 Å². The number of halogens is 1. The average molecular weight is 418 g/mol. The van der Waals surface area contributed by atoms with Crippen molar-refractivity contribution in [1.82, 2.24) is 20.0 Å². The number of hydrogen-bond acceptors (Lipinski definition) is 4. The van der Waals surface area contributed by atoms with Crippen LogP contribution in [0.2, 0.25) is 0 Å². The molecule has 7 nitrogen and oxygen atoms in total. The number of carbonyl (C=O) groups excluding carboxylic acids is 2.